The van der Waals surface area contributed by atoms with Gasteiger partial charge in [0.15, 0.2) is 0 Å². The number of benzene rings is 1. The Hall–Kier alpha value is -2.66. The number of carbonyl (C=O) groups excluding carboxylic acids is 1. The van der Waals surface area contributed by atoms with E-state index < -0.39 is 0 Å². The summed E-state index contributed by atoms with van der Waals surface area (Å²) in [5.41, 5.74) is 1.30. The van der Waals surface area contributed by atoms with E-state index in [-0.39, 0.29) is 5.91 Å². The maximum absolute atomic E-state index is 12.1. The minimum Gasteiger partial charge on any atom is -0.306 e. The monoisotopic (exact) mass is 298 g/mol. The standard InChI is InChI=1S/C15H11ClN4O/c16-12-3-5-13(6-4-12)20-14(7-9-18-20)19-15(21)11-2-1-8-17-10-11/h1-10H,(H,19,21). The molecule has 2 aromatic heterocycles. The summed E-state index contributed by atoms with van der Waals surface area (Å²) in [4.78, 5) is 16.1. The molecule has 0 aliphatic carbocycles. The molecule has 0 radical (unpaired) electrons. The molecule has 0 saturated heterocycles. The van der Waals surface area contributed by atoms with Crippen molar-refractivity contribution in [1.29, 1.82) is 0 Å². The fourth-order valence-corrected chi connectivity index (χ4v) is 2.00. The van der Waals surface area contributed by atoms with Crippen LogP contribution in [0.4, 0.5) is 5.82 Å². The summed E-state index contributed by atoms with van der Waals surface area (Å²) < 4.78 is 1.63. The van der Waals surface area contributed by atoms with E-state index in [0.717, 1.165) is 5.69 Å². The van der Waals surface area contributed by atoms with E-state index in [2.05, 4.69) is 15.4 Å². The maximum Gasteiger partial charge on any atom is 0.258 e. The lowest BCUT2D eigenvalue weighted by atomic mass is 10.2. The summed E-state index contributed by atoms with van der Waals surface area (Å²) in [6.45, 7) is 0. The topological polar surface area (TPSA) is 59.8 Å². The van der Waals surface area contributed by atoms with Gasteiger partial charge in [-0.25, -0.2) is 4.68 Å². The number of hydrogen-bond acceptors (Lipinski definition) is 3. The van der Waals surface area contributed by atoms with Crippen LogP contribution < -0.4 is 5.32 Å². The van der Waals surface area contributed by atoms with Crippen molar-refractivity contribution in [3.8, 4) is 5.69 Å². The van der Waals surface area contributed by atoms with Crippen molar-refractivity contribution in [2.24, 2.45) is 0 Å². The molecule has 21 heavy (non-hydrogen) atoms. The smallest absolute Gasteiger partial charge is 0.258 e. The summed E-state index contributed by atoms with van der Waals surface area (Å²) in [7, 11) is 0. The molecule has 0 atom stereocenters. The van der Waals surface area contributed by atoms with Crippen LogP contribution in [0.25, 0.3) is 5.69 Å². The first-order chi connectivity index (χ1) is 10.2. The Kier molecular flexibility index (Phi) is 3.66. The number of aromatic nitrogens is 3. The molecule has 1 aromatic carbocycles. The van der Waals surface area contributed by atoms with Crippen molar-refractivity contribution in [1.82, 2.24) is 14.8 Å². The number of anilines is 1. The maximum atomic E-state index is 12.1. The molecule has 2 heterocycles. The molecule has 1 amide bonds. The number of halogens is 1. The molecule has 0 fully saturated rings. The van der Waals surface area contributed by atoms with Gasteiger partial charge in [-0.3, -0.25) is 9.78 Å². The number of nitrogens with one attached hydrogen (secondary N) is 1. The first-order valence-corrected chi connectivity index (χ1v) is 6.63. The fraction of sp³-hybridized carbons (Fsp3) is 0. The summed E-state index contributed by atoms with van der Waals surface area (Å²) in [6, 6.07) is 12.3. The average molecular weight is 299 g/mol. The molecule has 6 heteroatoms. The molecule has 3 rings (SSSR count). The van der Waals surface area contributed by atoms with Crippen molar-refractivity contribution in [3.05, 3.63) is 71.6 Å². The third kappa shape index (κ3) is 2.93. The number of rotatable bonds is 3. The predicted molar refractivity (Wildman–Crippen MR) is 80.8 cm³/mol. The second-order valence-corrected chi connectivity index (χ2v) is 4.74. The molecule has 1 N–H and O–H groups in total. The van der Waals surface area contributed by atoms with Crippen LogP contribution in [0.3, 0.4) is 0 Å². The van der Waals surface area contributed by atoms with E-state index in [9.17, 15) is 4.79 Å². The zero-order valence-corrected chi connectivity index (χ0v) is 11.7. The van der Waals surface area contributed by atoms with Crippen LogP contribution in [0.2, 0.25) is 5.02 Å². The molecule has 3 aromatic rings. The zero-order valence-electron chi connectivity index (χ0n) is 10.9. The van der Waals surface area contributed by atoms with Crippen LogP contribution in [-0.2, 0) is 0 Å². The second kappa shape index (κ2) is 5.76. The van der Waals surface area contributed by atoms with Crippen molar-refractivity contribution >= 4 is 23.3 Å². The lowest BCUT2D eigenvalue weighted by Crippen LogP contribution is -2.15. The van der Waals surface area contributed by atoms with Gasteiger partial charge >= 0.3 is 0 Å². The van der Waals surface area contributed by atoms with Gasteiger partial charge < -0.3 is 5.32 Å². The van der Waals surface area contributed by atoms with Gasteiger partial charge in [0.05, 0.1) is 17.4 Å². The third-order valence-corrected chi connectivity index (χ3v) is 3.13. The number of hydrogen-bond donors (Lipinski definition) is 1. The van der Waals surface area contributed by atoms with Gasteiger partial charge in [-0.05, 0) is 36.4 Å². The summed E-state index contributed by atoms with van der Waals surface area (Å²) in [5, 5.41) is 7.66. The largest absolute Gasteiger partial charge is 0.306 e. The number of nitrogens with zero attached hydrogens (tertiary/aromatic N) is 3. The molecule has 5 nitrogen and oxygen atoms in total. The van der Waals surface area contributed by atoms with Crippen LogP contribution in [-0.4, -0.2) is 20.7 Å². The van der Waals surface area contributed by atoms with Crippen LogP contribution in [0.15, 0.2) is 61.1 Å². The fourth-order valence-electron chi connectivity index (χ4n) is 1.87. The Labute approximate surface area is 126 Å². The Bertz CT molecular complexity index is 753. The average Bonchev–Trinajstić information content (AvgIpc) is 2.97. The molecule has 0 unspecified atom stereocenters. The normalized spacial score (nSPS) is 10.3. The Morgan fingerprint density at radius 3 is 2.62 bits per heavy atom. The Morgan fingerprint density at radius 2 is 1.90 bits per heavy atom. The van der Waals surface area contributed by atoms with E-state index in [4.69, 9.17) is 11.6 Å². The van der Waals surface area contributed by atoms with Gasteiger partial charge in [0.1, 0.15) is 5.82 Å². The summed E-state index contributed by atoms with van der Waals surface area (Å²) in [6.07, 6.45) is 4.75. The molecule has 0 bridgehead atoms. The molecule has 0 spiro atoms. The van der Waals surface area contributed by atoms with Crippen LogP contribution >= 0.6 is 11.6 Å². The van der Waals surface area contributed by atoms with Crippen molar-refractivity contribution in [2.45, 2.75) is 0 Å². The Morgan fingerprint density at radius 1 is 1.10 bits per heavy atom. The highest BCUT2D eigenvalue weighted by molar-refractivity contribution is 6.30. The lowest BCUT2D eigenvalue weighted by Gasteiger charge is -2.09. The number of amides is 1. The van der Waals surface area contributed by atoms with Gasteiger partial charge in [0.2, 0.25) is 0 Å². The van der Waals surface area contributed by atoms with E-state index in [1.807, 2.05) is 12.1 Å². The van der Waals surface area contributed by atoms with Crippen LogP contribution in [0.5, 0.6) is 0 Å². The Balaban J connectivity index is 1.86. The SMILES string of the molecule is O=C(Nc1ccnn1-c1ccc(Cl)cc1)c1cccnc1. The van der Waals surface area contributed by atoms with Crippen LogP contribution in [0.1, 0.15) is 10.4 Å². The molecule has 0 saturated carbocycles. The van der Waals surface area contributed by atoms with Crippen LogP contribution in [0, 0.1) is 0 Å². The van der Waals surface area contributed by atoms with Gasteiger partial charge in [0, 0.05) is 23.5 Å². The summed E-state index contributed by atoms with van der Waals surface area (Å²) >= 11 is 5.87. The van der Waals surface area contributed by atoms with Gasteiger partial charge in [0.25, 0.3) is 5.91 Å². The van der Waals surface area contributed by atoms with E-state index in [1.165, 1.54) is 6.20 Å². The van der Waals surface area contributed by atoms with E-state index >= 15 is 0 Å². The number of pyridine rings is 1. The van der Waals surface area contributed by atoms with Crippen molar-refractivity contribution < 1.29 is 4.79 Å². The minimum atomic E-state index is -0.237. The van der Waals surface area contributed by atoms with Crippen molar-refractivity contribution in [2.75, 3.05) is 5.32 Å². The molecule has 104 valence electrons. The highest BCUT2D eigenvalue weighted by Crippen LogP contribution is 2.18. The zero-order chi connectivity index (χ0) is 14.7. The molecular formula is C15H11ClN4O. The third-order valence-electron chi connectivity index (χ3n) is 2.88. The highest BCUT2D eigenvalue weighted by atomic mass is 35.5. The first kappa shape index (κ1) is 13.3. The molecular weight excluding hydrogens is 288 g/mol. The summed E-state index contributed by atoms with van der Waals surface area (Å²) in [5.74, 6) is 0.338. The minimum absolute atomic E-state index is 0.237. The van der Waals surface area contributed by atoms with E-state index in [1.54, 1.807) is 47.4 Å². The van der Waals surface area contributed by atoms with Gasteiger partial charge in [-0.2, -0.15) is 5.10 Å². The molecule has 0 aliphatic heterocycles. The van der Waals surface area contributed by atoms with Gasteiger partial charge in [-0.15, -0.1) is 0 Å². The quantitative estimate of drug-likeness (QED) is 0.808. The highest BCUT2D eigenvalue weighted by Gasteiger charge is 2.10. The second-order valence-electron chi connectivity index (χ2n) is 4.30. The molecule has 0 aliphatic rings. The first-order valence-electron chi connectivity index (χ1n) is 6.25. The van der Waals surface area contributed by atoms with E-state index in [0.29, 0.717) is 16.4 Å². The van der Waals surface area contributed by atoms with Gasteiger partial charge in [-0.1, -0.05) is 11.6 Å². The number of carbonyl (C=O) groups is 1. The van der Waals surface area contributed by atoms with Crippen molar-refractivity contribution in [3.63, 3.8) is 0 Å². The lowest BCUT2D eigenvalue weighted by molar-refractivity contribution is 0.102. The predicted octanol–water partition coefficient (Wildman–Crippen LogP) is 3.17.